The van der Waals surface area contributed by atoms with Crippen molar-refractivity contribution < 1.29 is 4.42 Å². The highest BCUT2D eigenvalue weighted by Crippen LogP contribution is 2.39. The van der Waals surface area contributed by atoms with Crippen molar-refractivity contribution in [2.75, 3.05) is 0 Å². The number of H-pyrrole nitrogens is 2. The predicted octanol–water partition coefficient (Wildman–Crippen LogP) is 5.87. The molecule has 6 rings (SSSR count). The molecule has 0 spiro atoms. The molecule has 5 aromatic rings. The van der Waals surface area contributed by atoms with Gasteiger partial charge in [0.15, 0.2) is 11.0 Å². The number of hydrogen-bond acceptors (Lipinski definition) is 3. The van der Waals surface area contributed by atoms with Gasteiger partial charge in [-0.2, -0.15) is 0 Å². The van der Waals surface area contributed by atoms with Crippen LogP contribution >= 0.6 is 0 Å². The van der Waals surface area contributed by atoms with Crippen LogP contribution in [0, 0.1) is 0 Å². The van der Waals surface area contributed by atoms with Crippen molar-refractivity contribution in [3.63, 3.8) is 0 Å². The third kappa shape index (κ3) is 3.01. The highest BCUT2D eigenvalue weighted by Gasteiger charge is 2.24. The van der Waals surface area contributed by atoms with Crippen LogP contribution in [0.4, 0.5) is 0 Å². The van der Waals surface area contributed by atoms with Crippen molar-refractivity contribution in [2.24, 2.45) is 0 Å². The Morgan fingerprint density at radius 2 is 1.66 bits per heavy atom. The molecule has 6 nitrogen and oxygen atoms in total. The van der Waals surface area contributed by atoms with E-state index in [-0.39, 0.29) is 17.0 Å². The van der Waals surface area contributed by atoms with Gasteiger partial charge in [0, 0.05) is 17.0 Å². The Morgan fingerprint density at radius 3 is 2.44 bits per heavy atom. The van der Waals surface area contributed by atoms with Crippen LogP contribution in [0.3, 0.4) is 0 Å². The molecule has 0 radical (unpaired) electrons. The number of rotatable bonds is 2. The Labute approximate surface area is 183 Å². The van der Waals surface area contributed by atoms with Gasteiger partial charge in [0.05, 0.1) is 16.9 Å². The van der Waals surface area contributed by atoms with E-state index in [9.17, 15) is 9.59 Å². The summed E-state index contributed by atoms with van der Waals surface area (Å²) in [7, 11) is 0. The molecule has 32 heavy (non-hydrogen) atoms. The molecule has 0 unspecified atom stereocenters. The predicted molar refractivity (Wildman–Crippen MR) is 127 cm³/mol. The Morgan fingerprint density at radius 1 is 0.906 bits per heavy atom. The van der Waals surface area contributed by atoms with Crippen molar-refractivity contribution in [1.82, 2.24) is 14.8 Å². The molecule has 6 heteroatoms. The molecule has 162 valence electrons. The van der Waals surface area contributed by atoms with Crippen molar-refractivity contribution >= 4 is 33.1 Å². The van der Waals surface area contributed by atoms with Gasteiger partial charge in [0.25, 0.3) is 5.56 Å². The molecular weight excluding hydrogens is 402 g/mol. The first-order chi connectivity index (χ1) is 15.7. The standard InChI is InChI=1S/C26H25N3O3/c30-18-13-14-19-20(15-18)32-24-21(16-9-5-4-6-10-16)22-25(27-23(19)24)29(28-26(22)31)17-11-7-2-1-3-8-12-17/h4-6,9-10,13-15,17,27H,1-3,7-8,11-12H2,(H,28,31). The highest BCUT2D eigenvalue weighted by atomic mass is 16.3. The molecule has 2 aromatic carbocycles. The van der Waals surface area contributed by atoms with Crippen LogP contribution in [0.25, 0.3) is 44.2 Å². The summed E-state index contributed by atoms with van der Waals surface area (Å²) in [4.78, 5) is 28.8. The fraction of sp³-hybridized carbons (Fsp3) is 0.308. The minimum atomic E-state index is -0.121. The van der Waals surface area contributed by atoms with E-state index >= 15 is 0 Å². The first-order valence-corrected chi connectivity index (χ1v) is 11.5. The summed E-state index contributed by atoms with van der Waals surface area (Å²) in [5, 5.41) is 4.59. The van der Waals surface area contributed by atoms with E-state index in [0.717, 1.165) is 40.5 Å². The van der Waals surface area contributed by atoms with Crippen LogP contribution in [-0.4, -0.2) is 14.8 Å². The normalized spacial score (nSPS) is 16.0. The van der Waals surface area contributed by atoms with E-state index in [1.807, 2.05) is 30.3 Å². The second kappa shape index (κ2) is 7.55. The van der Waals surface area contributed by atoms with Gasteiger partial charge < -0.3 is 9.40 Å². The van der Waals surface area contributed by atoms with Crippen LogP contribution in [0.2, 0.25) is 0 Å². The summed E-state index contributed by atoms with van der Waals surface area (Å²) in [5.74, 6) is 0. The number of pyridine rings is 1. The average molecular weight is 428 g/mol. The van der Waals surface area contributed by atoms with Crippen molar-refractivity contribution in [1.29, 1.82) is 0 Å². The maximum absolute atomic E-state index is 13.3. The third-order valence-corrected chi connectivity index (χ3v) is 6.81. The van der Waals surface area contributed by atoms with Gasteiger partial charge in [0.2, 0.25) is 0 Å². The summed E-state index contributed by atoms with van der Waals surface area (Å²) in [6.45, 7) is 0. The number of nitrogens with one attached hydrogen (secondary N) is 2. The molecule has 0 saturated heterocycles. The van der Waals surface area contributed by atoms with Crippen molar-refractivity contribution in [2.45, 2.75) is 51.0 Å². The Kier molecular flexibility index (Phi) is 4.52. The minimum absolute atomic E-state index is 0.0979. The molecule has 2 N–H and O–H groups in total. The first kappa shape index (κ1) is 19.2. The van der Waals surface area contributed by atoms with Gasteiger partial charge in [0.1, 0.15) is 11.2 Å². The zero-order chi connectivity index (χ0) is 21.7. The van der Waals surface area contributed by atoms with Gasteiger partial charge >= 0.3 is 0 Å². The van der Waals surface area contributed by atoms with Gasteiger partial charge in [-0.3, -0.25) is 19.4 Å². The number of aromatic amines is 2. The number of nitrogens with zero attached hydrogens (tertiary/aromatic N) is 1. The molecule has 0 atom stereocenters. The highest BCUT2D eigenvalue weighted by molar-refractivity contribution is 6.14. The molecule has 1 aliphatic carbocycles. The molecule has 0 aliphatic heterocycles. The first-order valence-electron chi connectivity index (χ1n) is 11.5. The van der Waals surface area contributed by atoms with E-state index in [4.69, 9.17) is 4.42 Å². The van der Waals surface area contributed by atoms with Crippen LogP contribution in [-0.2, 0) is 0 Å². The van der Waals surface area contributed by atoms with E-state index in [1.54, 1.807) is 12.1 Å². The zero-order valence-electron chi connectivity index (χ0n) is 17.8. The molecular formula is C26H25N3O3. The Bertz CT molecular complexity index is 1540. The number of fused-ring (bicyclic) bond motifs is 4. The summed E-state index contributed by atoms with van der Waals surface area (Å²) in [6.07, 6.45) is 8.22. The van der Waals surface area contributed by atoms with E-state index in [1.165, 1.54) is 38.2 Å². The van der Waals surface area contributed by atoms with Crippen LogP contribution in [0.5, 0.6) is 0 Å². The van der Waals surface area contributed by atoms with Gasteiger partial charge in [-0.15, -0.1) is 0 Å². The Balaban J connectivity index is 1.71. The molecule has 0 amide bonds. The fourth-order valence-corrected chi connectivity index (χ4v) is 5.26. The second-order valence-electron chi connectivity index (χ2n) is 8.86. The smallest absolute Gasteiger partial charge is 0.274 e. The Hall–Kier alpha value is -3.54. The third-order valence-electron chi connectivity index (χ3n) is 6.81. The summed E-state index contributed by atoms with van der Waals surface area (Å²) < 4.78 is 8.23. The summed E-state index contributed by atoms with van der Waals surface area (Å²) >= 11 is 0. The zero-order valence-corrected chi connectivity index (χ0v) is 17.8. The molecule has 0 bridgehead atoms. The number of hydrogen-bond donors (Lipinski definition) is 2. The topological polar surface area (TPSA) is 83.8 Å². The molecule has 1 aliphatic rings. The molecule has 1 fully saturated rings. The van der Waals surface area contributed by atoms with E-state index in [0.29, 0.717) is 16.6 Å². The van der Waals surface area contributed by atoms with Crippen molar-refractivity contribution in [3.05, 3.63) is 69.1 Å². The second-order valence-corrected chi connectivity index (χ2v) is 8.86. The van der Waals surface area contributed by atoms with E-state index < -0.39 is 0 Å². The van der Waals surface area contributed by atoms with E-state index in [2.05, 4.69) is 14.8 Å². The van der Waals surface area contributed by atoms with Crippen LogP contribution in [0.15, 0.2) is 62.5 Å². The lowest BCUT2D eigenvalue weighted by atomic mass is 9.96. The summed E-state index contributed by atoms with van der Waals surface area (Å²) in [6, 6.07) is 15.0. The van der Waals surface area contributed by atoms with Gasteiger partial charge in [-0.05, 0) is 30.5 Å². The molecule has 1 saturated carbocycles. The lowest BCUT2D eigenvalue weighted by Gasteiger charge is -2.21. The maximum Gasteiger partial charge on any atom is 0.274 e. The number of aromatic nitrogens is 3. The summed E-state index contributed by atoms with van der Waals surface area (Å²) in [5.41, 5.74) is 4.20. The fourth-order valence-electron chi connectivity index (χ4n) is 5.26. The lowest BCUT2D eigenvalue weighted by Crippen LogP contribution is -2.15. The quantitative estimate of drug-likeness (QED) is 0.369. The lowest BCUT2D eigenvalue weighted by molar-refractivity contribution is 0.353. The SMILES string of the molecule is O=c1ccc2c(c1)oc1c(-c3ccccc3)c3c(=O)[nH]n(C4CCCCCCC4)c3[nH]c12. The van der Waals surface area contributed by atoms with Crippen LogP contribution < -0.4 is 11.0 Å². The van der Waals surface area contributed by atoms with Crippen LogP contribution in [0.1, 0.15) is 51.0 Å². The minimum Gasteiger partial charge on any atom is -0.454 e. The molecule has 3 aromatic heterocycles. The van der Waals surface area contributed by atoms with Gasteiger partial charge in [-0.1, -0.05) is 62.4 Å². The largest absolute Gasteiger partial charge is 0.454 e. The molecule has 3 heterocycles. The monoisotopic (exact) mass is 427 g/mol. The van der Waals surface area contributed by atoms with Gasteiger partial charge in [-0.25, -0.2) is 0 Å². The average Bonchev–Trinajstić information content (AvgIpc) is 3.30. The number of benzene rings is 2. The maximum atomic E-state index is 13.3. The number of furan rings is 1. The van der Waals surface area contributed by atoms with Crippen molar-refractivity contribution in [3.8, 4) is 11.1 Å².